The molecule has 1 N–H and O–H groups in total. The van der Waals surface area contributed by atoms with Crippen molar-refractivity contribution in [2.75, 3.05) is 5.32 Å². The van der Waals surface area contributed by atoms with E-state index in [2.05, 4.69) is 22.2 Å². The molecule has 0 saturated carbocycles. The van der Waals surface area contributed by atoms with Gasteiger partial charge in [0.25, 0.3) is 0 Å². The van der Waals surface area contributed by atoms with Crippen LogP contribution in [0.3, 0.4) is 0 Å². The highest BCUT2D eigenvalue weighted by molar-refractivity contribution is 6.20. The van der Waals surface area contributed by atoms with Gasteiger partial charge in [-0.05, 0) is 34.1 Å². The molecule has 0 fully saturated rings. The predicted octanol–water partition coefficient (Wildman–Crippen LogP) is 2.91. The molecule has 0 aliphatic rings. The zero-order valence-electron chi connectivity index (χ0n) is 9.71. The van der Waals surface area contributed by atoms with Gasteiger partial charge in [0, 0.05) is 11.4 Å². The lowest BCUT2D eigenvalue weighted by atomic mass is 10.2. The molecule has 0 amide bonds. The number of aryl methyl sites for hydroxylation is 2. The van der Waals surface area contributed by atoms with E-state index in [1.807, 2.05) is 20.8 Å². The molecule has 4 heteroatoms. The summed E-state index contributed by atoms with van der Waals surface area (Å²) < 4.78 is 0. The van der Waals surface area contributed by atoms with Gasteiger partial charge >= 0.3 is 0 Å². The Morgan fingerprint density at radius 3 is 2.53 bits per heavy atom. The fraction of sp³-hybridized carbons (Fsp3) is 0.636. The second-order valence-electron chi connectivity index (χ2n) is 3.99. The van der Waals surface area contributed by atoms with E-state index in [1.54, 1.807) is 6.20 Å². The SMILES string of the molecule is Cc1ncc(NC(C)CC(C)Cl)nc1C. The molecule has 1 heterocycles. The minimum Gasteiger partial charge on any atom is -0.366 e. The van der Waals surface area contributed by atoms with Crippen LogP contribution < -0.4 is 5.32 Å². The van der Waals surface area contributed by atoms with Crippen LogP contribution in [0, 0.1) is 13.8 Å². The molecule has 3 nitrogen and oxygen atoms in total. The highest BCUT2D eigenvalue weighted by Crippen LogP contribution is 2.11. The number of anilines is 1. The lowest BCUT2D eigenvalue weighted by Gasteiger charge is -2.15. The van der Waals surface area contributed by atoms with E-state index in [9.17, 15) is 0 Å². The van der Waals surface area contributed by atoms with Crippen LogP contribution in [0.2, 0.25) is 0 Å². The Kier molecular flexibility index (Phi) is 4.33. The van der Waals surface area contributed by atoms with Crippen molar-refractivity contribution in [2.45, 2.75) is 45.5 Å². The number of halogens is 1. The van der Waals surface area contributed by atoms with Gasteiger partial charge in [-0.1, -0.05) is 0 Å². The molecule has 0 radical (unpaired) electrons. The summed E-state index contributed by atoms with van der Waals surface area (Å²) in [6, 6.07) is 0.314. The Morgan fingerprint density at radius 1 is 1.33 bits per heavy atom. The van der Waals surface area contributed by atoms with Crippen LogP contribution in [0.25, 0.3) is 0 Å². The van der Waals surface area contributed by atoms with Crippen LogP contribution in [-0.2, 0) is 0 Å². The van der Waals surface area contributed by atoms with E-state index in [1.165, 1.54) is 0 Å². The molecule has 0 bridgehead atoms. The summed E-state index contributed by atoms with van der Waals surface area (Å²) >= 11 is 5.92. The summed E-state index contributed by atoms with van der Waals surface area (Å²) in [6.45, 7) is 8.00. The fourth-order valence-electron chi connectivity index (χ4n) is 1.41. The first kappa shape index (κ1) is 12.2. The average Bonchev–Trinajstić information content (AvgIpc) is 2.10. The van der Waals surface area contributed by atoms with Crippen molar-refractivity contribution in [2.24, 2.45) is 0 Å². The van der Waals surface area contributed by atoms with Gasteiger partial charge in [0.15, 0.2) is 0 Å². The van der Waals surface area contributed by atoms with E-state index in [0.717, 1.165) is 23.6 Å². The van der Waals surface area contributed by atoms with Crippen molar-refractivity contribution >= 4 is 17.4 Å². The highest BCUT2D eigenvalue weighted by atomic mass is 35.5. The summed E-state index contributed by atoms with van der Waals surface area (Å²) in [4.78, 5) is 8.66. The molecule has 0 saturated heterocycles. The van der Waals surface area contributed by atoms with E-state index >= 15 is 0 Å². The summed E-state index contributed by atoms with van der Waals surface area (Å²) in [5, 5.41) is 3.46. The maximum atomic E-state index is 5.92. The molecule has 2 atom stereocenters. The molecule has 1 aromatic heterocycles. The maximum Gasteiger partial charge on any atom is 0.145 e. The third-order valence-corrected chi connectivity index (χ3v) is 2.44. The van der Waals surface area contributed by atoms with Crippen molar-refractivity contribution in [1.29, 1.82) is 0 Å². The van der Waals surface area contributed by atoms with Crippen LogP contribution in [0.15, 0.2) is 6.20 Å². The van der Waals surface area contributed by atoms with Gasteiger partial charge in [-0.15, -0.1) is 11.6 Å². The minimum atomic E-state index is 0.173. The molecule has 15 heavy (non-hydrogen) atoms. The van der Waals surface area contributed by atoms with Gasteiger partial charge in [0.1, 0.15) is 5.82 Å². The zero-order valence-corrected chi connectivity index (χ0v) is 10.5. The van der Waals surface area contributed by atoms with E-state index in [-0.39, 0.29) is 5.38 Å². The first-order valence-electron chi connectivity index (χ1n) is 5.20. The van der Waals surface area contributed by atoms with E-state index in [4.69, 9.17) is 11.6 Å². The Labute approximate surface area is 96.3 Å². The summed E-state index contributed by atoms with van der Waals surface area (Å²) in [6.07, 6.45) is 2.67. The second-order valence-corrected chi connectivity index (χ2v) is 4.73. The molecule has 84 valence electrons. The van der Waals surface area contributed by atoms with Crippen LogP contribution >= 0.6 is 11.6 Å². The third-order valence-electron chi connectivity index (χ3n) is 2.26. The van der Waals surface area contributed by atoms with Crippen LogP contribution in [-0.4, -0.2) is 21.4 Å². The Morgan fingerprint density at radius 2 is 2.00 bits per heavy atom. The van der Waals surface area contributed by atoms with E-state index in [0.29, 0.717) is 6.04 Å². The lowest BCUT2D eigenvalue weighted by Crippen LogP contribution is -2.19. The van der Waals surface area contributed by atoms with Gasteiger partial charge in [0.2, 0.25) is 0 Å². The molecule has 0 aliphatic heterocycles. The van der Waals surface area contributed by atoms with Gasteiger partial charge in [-0.2, -0.15) is 0 Å². The number of nitrogens with one attached hydrogen (secondary N) is 1. The average molecular weight is 228 g/mol. The predicted molar refractivity (Wildman–Crippen MR) is 64.5 cm³/mol. The third kappa shape index (κ3) is 4.04. The largest absolute Gasteiger partial charge is 0.366 e. The van der Waals surface area contributed by atoms with Crippen molar-refractivity contribution in [3.05, 3.63) is 17.6 Å². The van der Waals surface area contributed by atoms with Gasteiger partial charge < -0.3 is 5.32 Å². The highest BCUT2D eigenvalue weighted by Gasteiger charge is 2.07. The van der Waals surface area contributed by atoms with Crippen molar-refractivity contribution in [1.82, 2.24) is 9.97 Å². The fourth-order valence-corrected chi connectivity index (χ4v) is 1.68. The number of nitrogens with zero attached hydrogens (tertiary/aromatic N) is 2. The minimum absolute atomic E-state index is 0.173. The quantitative estimate of drug-likeness (QED) is 0.804. The monoisotopic (exact) mass is 227 g/mol. The Hall–Kier alpha value is -0.830. The van der Waals surface area contributed by atoms with Crippen molar-refractivity contribution in [3.8, 4) is 0 Å². The zero-order chi connectivity index (χ0) is 11.4. The number of hydrogen-bond donors (Lipinski definition) is 1. The number of hydrogen-bond acceptors (Lipinski definition) is 3. The molecule has 0 aliphatic carbocycles. The summed E-state index contributed by atoms with van der Waals surface area (Å²) in [5.41, 5.74) is 1.94. The molecule has 1 aromatic rings. The number of rotatable bonds is 4. The van der Waals surface area contributed by atoms with Crippen molar-refractivity contribution in [3.63, 3.8) is 0 Å². The van der Waals surface area contributed by atoms with Crippen LogP contribution in [0.4, 0.5) is 5.82 Å². The molecule has 1 rings (SSSR count). The maximum absolute atomic E-state index is 5.92. The first-order valence-corrected chi connectivity index (χ1v) is 5.63. The lowest BCUT2D eigenvalue weighted by molar-refractivity contribution is 0.692. The Balaban J connectivity index is 2.60. The summed E-state index contributed by atoms with van der Waals surface area (Å²) in [5.74, 6) is 0.822. The molecular formula is C11H18ClN3. The standard InChI is InChI=1S/C11H18ClN3/c1-7(12)5-8(2)14-11-6-13-9(3)10(4)15-11/h6-8H,5H2,1-4H3,(H,14,15). The smallest absolute Gasteiger partial charge is 0.145 e. The van der Waals surface area contributed by atoms with Crippen molar-refractivity contribution < 1.29 is 0 Å². The summed E-state index contributed by atoms with van der Waals surface area (Å²) in [7, 11) is 0. The normalized spacial score (nSPS) is 14.7. The topological polar surface area (TPSA) is 37.8 Å². The molecule has 2 unspecified atom stereocenters. The molecule has 0 spiro atoms. The van der Waals surface area contributed by atoms with Gasteiger partial charge in [-0.3, -0.25) is 4.98 Å². The second kappa shape index (κ2) is 5.31. The first-order chi connectivity index (χ1) is 6.99. The van der Waals surface area contributed by atoms with Crippen LogP contribution in [0.1, 0.15) is 31.7 Å². The number of alkyl halides is 1. The van der Waals surface area contributed by atoms with Gasteiger partial charge in [0.05, 0.1) is 17.6 Å². The Bertz CT molecular complexity index is 326. The number of aromatic nitrogens is 2. The molecular weight excluding hydrogens is 210 g/mol. The van der Waals surface area contributed by atoms with Gasteiger partial charge in [-0.25, -0.2) is 4.98 Å². The molecule has 0 aromatic carbocycles. The van der Waals surface area contributed by atoms with Crippen LogP contribution in [0.5, 0.6) is 0 Å². The van der Waals surface area contributed by atoms with E-state index < -0.39 is 0 Å².